The molecule has 4 nitrogen and oxygen atoms in total. The van der Waals surface area contributed by atoms with Gasteiger partial charge in [0.05, 0.1) is 17.1 Å². The van der Waals surface area contributed by atoms with Gasteiger partial charge in [-0.15, -0.1) is 37.2 Å². The molecular weight excluding hydrogens is 438 g/mol. The smallest absolute Gasteiger partial charge is 0.127 e. The molecule has 0 amide bonds. The van der Waals surface area contributed by atoms with Gasteiger partial charge in [0.1, 0.15) is 5.82 Å². The Balaban J connectivity index is 0.00000131. The molecule has 0 aliphatic carbocycles. The number of halogens is 4. The first-order valence-electron chi connectivity index (χ1n) is 8.87. The molecule has 0 bridgehead atoms. The number of imidazole rings is 1. The third-order valence-corrected chi connectivity index (χ3v) is 5.23. The zero-order valence-electron chi connectivity index (χ0n) is 15.7. The van der Waals surface area contributed by atoms with E-state index in [1.807, 2.05) is 12.1 Å². The molecule has 0 saturated carbocycles. The monoisotopic (exact) mass is 462 g/mol. The molecule has 1 fully saturated rings. The van der Waals surface area contributed by atoms with E-state index in [0.717, 1.165) is 54.6 Å². The molecule has 0 radical (unpaired) electrons. The predicted molar refractivity (Wildman–Crippen MR) is 125 cm³/mol. The summed E-state index contributed by atoms with van der Waals surface area (Å²) in [6.45, 7) is 7.26. The van der Waals surface area contributed by atoms with Crippen LogP contribution >= 0.6 is 48.8 Å². The van der Waals surface area contributed by atoms with Crippen LogP contribution in [0.1, 0.15) is 24.4 Å². The van der Waals surface area contributed by atoms with Gasteiger partial charge in [-0.3, -0.25) is 4.90 Å². The fourth-order valence-electron chi connectivity index (χ4n) is 3.61. The molecule has 1 aromatic heterocycles. The maximum Gasteiger partial charge on any atom is 0.127 e. The summed E-state index contributed by atoms with van der Waals surface area (Å²) in [6.07, 6.45) is 0. The Morgan fingerprint density at radius 1 is 1.04 bits per heavy atom. The van der Waals surface area contributed by atoms with Gasteiger partial charge in [-0.25, -0.2) is 4.98 Å². The van der Waals surface area contributed by atoms with Crippen molar-refractivity contribution in [3.63, 3.8) is 0 Å². The number of benzene rings is 2. The Morgan fingerprint density at radius 3 is 2.39 bits per heavy atom. The summed E-state index contributed by atoms with van der Waals surface area (Å²) < 4.78 is 2.34. The lowest BCUT2D eigenvalue weighted by molar-refractivity contribution is 0.177. The first kappa shape index (κ1) is 25.0. The highest BCUT2D eigenvalue weighted by Gasteiger charge is 2.23. The van der Waals surface area contributed by atoms with Gasteiger partial charge in [0.2, 0.25) is 0 Å². The molecule has 0 spiro atoms. The molecule has 4 rings (SSSR count). The Labute approximate surface area is 189 Å². The highest BCUT2D eigenvalue weighted by atomic mass is 35.5. The Bertz CT molecular complexity index is 863. The average Bonchev–Trinajstić information content (AvgIpc) is 3.00. The fourth-order valence-corrected chi connectivity index (χ4v) is 3.77. The lowest BCUT2D eigenvalue weighted by Crippen LogP contribution is -2.45. The van der Waals surface area contributed by atoms with Crippen LogP contribution in [-0.2, 0) is 6.54 Å². The van der Waals surface area contributed by atoms with Crippen LogP contribution in [0, 0.1) is 0 Å². The van der Waals surface area contributed by atoms with Crippen molar-refractivity contribution < 1.29 is 0 Å². The van der Waals surface area contributed by atoms with Crippen LogP contribution in [0.2, 0.25) is 5.02 Å². The van der Waals surface area contributed by atoms with Crippen molar-refractivity contribution in [3.05, 3.63) is 64.9 Å². The van der Waals surface area contributed by atoms with Gasteiger partial charge in [-0.2, -0.15) is 0 Å². The topological polar surface area (TPSA) is 33.1 Å². The van der Waals surface area contributed by atoms with E-state index in [9.17, 15) is 0 Å². The second-order valence-corrected chi connectivity index (χ2v) is 7.07. The van der Waals surface area contributed by atoms with Crippen LogP contribution in [0.5, 0.6) is 0 Å². The van der Waals surface area contributed by atoms with Crippen molar-refractivity contribution in [2.24, 2.45) is 0 Å². The summed E-state index contributed by atoms with van der Waals surface area (Å²) in [5.41, 5.74) is 3.40. The standard InChI is InChI=1S/C20H23ClN4.3ClH/c1-15(24-11-9-22-10-12-24)20-23-18-13-17(21)7-8-19(18)25(20)14-16-5-3-2-4-6-16;;;/h2-8,13,15,22H,9-12,14H2,1H3;3*1H. The highest BCUT2D eigenvalue weighted by Crippen LogP contribution is 2.27. The van der Waals surface area contributed by atoms with Crippen LogP contribution in [0.15, 0.2) is 48.5 Å². The van der Waals surface area contributed by atoms with Crippen molar-refractivity contribution in [1.82, 2.24) is 19.8 Å². The number of nitrogens with one attached hydrogen (secondary N) is 1. The van der Waals surface area contributed by atoms with Gasteiger partial charge in [-0.1, -0.05) is 41.9 Å². The minimum Gasteiger partial charge on any atom is -0.322 e. The number of aromatic nitrogens is 2. The number of hydrogen-bond donors (Lipinski definition) is 1. The molecule has 1 aliphatic heterocycles. The second-order valence-electron chi connectivity index (χ2n) is 6.64. The van der Waals surface area contributed by atoms with E-state index < -0.39 is 0 Å². The van der Waals surface area contributed by atoms with E-state index in [0.29, 0.717) is 0 Å². The zero-order chi connectivity index (χ0) is 17.2. The van der Waals surface area contributed by atoms with Crippen LogP contribution in [0.25, 0.3) is 11.0 Å². The predicted octanol–water partition coefficient (Wildman–Crippen LogP) is 4.97. The Hall–Kier alpha value is -1.01. The number of piperazine rings is 1. The van der Waals surface area contributed by atoms with Crippen LogP contribution in [-0.4, -0.2) is 40.6 Å². The quantitative estimate of drug-likeness (QED) is 0.592. The minimum atomic E-state index is 0. The minimum absolute atomic E-state index is 0. The molecule has 1 atom stereocenters. The van der Waals surface area contributed by atoms with E-state index >= 15 is 0 Å². The number of hydrogen-bond acceptors (Lipinski definition) is 3. The zero-order valence-corrected chi connectivity index (χ0v) is 18.9. The normalized spacial score (nSPS) is 15.2. The van der Waals surface area contributed by atoms with Crippen LogP contribution in [0.3, 0.4) is 0 Å². The van der Waals surface area contributed by atoms with Crippen molar-refractivity contribution >= 4 is 59.9 Å². The van der Waals surface area contributed by atoms with E-state index in [1.165, 1.54) is 5.56 Å². The molecule has 2 aromatic carbocycles. The number of nitrogens with zero attached hydrogens (tertiary/aromatic N) is 3. The first-order chi connectivity index (χ1) is 12.2. The van der Waals surface area contributed by atoms with E-state index in [4.69, 9.17) is 16.6 Å². The first-order valence-corrected chi connectivity index (χ1v) is 9.24. The lowest BCUT2D eigenvalue weighted by atomic mass is 10.2. The summed E-state index contributed by atoms with van der Waals surface area (Å²) in [4.78, 5) is 7.46. The van der Waals surface area contributed by atoms with E-state index in [2.05, 4.69) is 58.1 Å². The lowest BCUT2D eigenvalue weighted by Gasteiger charge is -2.32. The molecule has 154 valence electrons. The summed E-state index contributed by atoms with van der Waals surface area (Å²) in [7, 11) is 0. The van der Waals surface area contributed by atoms with Gasteiger partial charge < -0.3 is 9.88 Å². The molecule has 1 saturated heterocycles. The van der Waals surface area contributed by atoms with Crippen molar-refractivity contribution in [1.29, 1.82) is 0 Å². The third kappa shape index (κ3) is 5.32. The highest BCUT2D eigenvalue weighted by molar-refractivity contribution is 6.31. The van der Waals surface area contributed by atoms with Gasteiger partial charge in [-0.05, 0) is 30.7 Å². The van der Waals surface area contributed by atoms with Gasteiger partial charge in [0.15, 0.2) is 0 Å². The maximum absolute atomic E-state index is 6.20. The van der Waals surface area contributed by atoms with Crippen molar-refractivity contribution in [2.75, 3.05) is 26.2 Å². The fraction of sp³-hybridized carbons (Fsp3) is 0.350. The molecule has 2 heterocycles. The van der Waals surface area contributed by atoms with Gasteiger partial charge in [0, 0.05) is 37.7 Å². The Morgan fingerprint density at radius 2 is 1.71 bits per heavy atom. The maximum atomic E-state index is 6.20. The van der Waals surface area contributed by atoms with Gasteiger partial charge in [0.25, 0.3) is 0 Å². The molecule has 3 aromatic rings. The van der Waals surface area contributed by atoms with E-state index in [-0.39, 0.29) is 43.3 Å². The van der Waals surface area contributed by atoms with Gasteiger partial charge >= 0.3 is 0 Å². The van der Waals surface area contributed by atoms with Crippen molar-refractivity contribution in [2.45, 2.75) is 19.5 Å². The van der Waals surface area contributed by atoms with E-state index in [1.54, 1.807) is 0 Å². The molecule has 1 N–H and O–H groups in total. The number of fused-ring (bicyclic) bond motifs is 1. The average molecular weight is 464 g/mol. The number of rotatable bonds is 4. The molecule has 1 unspecified atom stereocenters. The van der Waals surface area contributed by atoms with Crippen molar-refractivity contribution in [3.8, 4) is 0 Å². The summed E-state index contributed by atoms with van der Waals surface area (Å²) in [5.74, 6) is 1.11. The molecule has 28 heavy (non-hydrogen) atoms. The molecule has 8 heteroatoms. The summed E-state index contributed by atoms with van der Waals surface area (Å²) in [6, 6.07) is 16.8. The second kappa shape index (κ2) is 11.2. The van der Waals surface area contributed by atoms with Crippen LogP contribution in [0.4, 0.5) is 0 Å². The summed E-state index contributed by atoms with van der Waals surface area (Å²) in [5, 5.41) is 4.16. The third-order valence-electron chi connectivity index (χ3n) is 5.00. The SMILES string of the molecule is CC(c1nc2cc(Cl)ccc2n1Cc1ccccc1)N1CCNCC1.Cl.Cl.Cl. The summed E-state index contributed by atoms with van der Waals surface area (Å²) >= 11 is 6.20. The Kier molecular flexibility index (Phi) is 10.1. The largest absolute Gasteiger partial charge is 0.322 e. The molecular formula is C20H26Cl4N4. The van der Waals surface area contributed by atoms with Crippen LogP contribution < -0.4 is 5.32 Å². The molecule has 1 aliphatic rings.